The van der Waals surface area contributed by atoms with E-state index in [-0.39, 0.29) is 5.91 Å². The molecule has 18 heavy (non-hydrogen) atoms. The molecule has 2 N–H and O–H groups in total. The molecule has 1 amide bonds. The molecule has 1 aromatic carbocycles. The highest BCUT2D eigenvalue weighted by atomic mass is 16.5. The second-order valence-electron chi connectivity index (χ2n) is 3.35. The minimum atomic E-state index is -0.377. The third-order valence-electron chi connectivity index (χ3n) is 2.31. The number of benzene rings is 1. The first-order valence-electron chi connectivity index (χ1n) is 5.14. The minimum Gasteiger partial charge on any atom is -0.496 e. The highest BCUT2D eigenvalue weighted by molar-refractivity contribution is 6.07. The molecule has 0 unspecified atom stereocenters. The maximum atomic E-state index is 12.1. The van der Waals surface area contributed by atoms with Crippen molar-refractivity contribution in [1.29, 1.82) is 0 Å². The van der Waals surface area contributed by atoms with Crippen LogP contribution in [0.5, 0.6) is 11.5 Å². The molecule has 0 aliphatic rings. The number of nitrogens with zero attached hydrogens (tertiary/aromatic N) is 2. The highest BCUT2D eigenvalue weighted by Gasteiger charge is 2.18. The van der Waals surface area contributed by atoms with E-state index in [2.05, 4.69) is 20.7 Å². The second-order valence-corrected chi connectivity index (χ2v) is 3.35. The lowest BCUT2D eigenvalue weighted by molar-refractivity contribution is 0.102. The number of nitrogens with one attached hydrogen (secondary N) is 2. The molecule has 7 heteroatoms. The van der Waals surface area contributed by atoms with E-state index in [0.717, 1.165) is 0 Å². The monoisotopic (exact) mass is 248 g/mol. The Bertz CT molecular complexity index is 517. The van der Waals surface area contributed by atoms with Crippen LogP contribution in [0.2, 0.25) is 0 Å². The fraction of sp³-hybridized carbons (Fsp3) is 0.182. The fourth-order valence-corrected chi connectivity index (χ4v) is 1.52. The van der Waals surface area contributed by atoms with Gasteiger partial charge in [0.2, 0.25) is 0 Å². The van der Waals surface area contributed by atoms with Crippen LogP contribution in [-0.2, 0) is 0 Å². The Morgan fingerprint density at radius 3 is 2.44 bits per heavy atom. The lowest BCUT2D eigenvalue weighted by Crippen LogP contribution is -2.14. The van der Waals surface area contributed by atoms with Gasteiger partial charge in [-0.2, -0.15) is 10.3 Å². The molecule has 94 valence electrons. The van der Waals surface area contributed by atoms with Crippen LogP contribution in [0.3, 0.4) is 0 Å². The van der Waals surface area contributed by atoms with E-state index in [1.165, 1.54) is 20.4 Å². The number of hydrogen-bond acceptors (Lipinski definition) is 5. The summed E-state index contributed by atoms with van der Waals surface area (Å²) in [5, 5.41) is 12.3. The summed E-state index contributed by atoms with van der Waals surface area (Å²) in [4.78, 5) is 12.1. The molecule has 1 heterocycles. The van der Waals surface area contributed by atoms with Gasteiger partial charge in [0, 0.05) is 0 Å². The van der Waals surface area contributed by atoms with Crippen molar-refractivity contribution in [2.45, 2.75) is 0 Å². The van der Waals surface area contributed by atoms with Crippen LogP contribution in [0.1, 0.15) is 10.4 Å². The van der Waals surface area contributed by atoms with E-state index in [1.807, 2.05) is 0 Å². The predicted octanol–water partition coefficient (Wildman–Crippen LogP) is 1.07. The average molecular weight is 248 g/mol. The number of carbonyl (C=O) groups is 1. The number of aromatic amines is 1. The van der Waals surface area contributed by atoms with E-state index in [1.54, 1.807) is 18.2 Å². The van der Waals surface area contributed by atoms with Crippen LogP contribution in [0.4, 0.5) is 5.82 Å². The third kappa shape index (κ3) is 2.24. The summed E-state index contributed by atoms with van der Waals surface area (Å²) >= 11 is 0. The molecule has 0 spiro atoms. The van der Waals surface area contributed by atoms with Crippen molar-refractivity contribution in [3.8, 4) is 11.5 Å². The molecule has 0 aliphatic carbocycles. The van der Waals surface area contributed by atoms with Gasteiger partial charge in [0.05, 0.1) is 20.4 Å². The molecule has 0 radical (unpaired) electrons. The summed E-state index contributed by atoms with van der Waals surface area (Å²) in [7, 11) is 2.98. The van der Waals surface area contributed by atoms with Crippen LogP contribution in [0.25, 0.3) is 0 Å². The lowest BCUT2D eigenvalue weighted by atomic mass is 10.1. The van der Waals surface area contributed by atoms with Gasteiger partial charge in [0.1, 0.15) is 17.1 Å². The molecule has 0 bridgehead atoms. The fourth-order valence-electron chi connectivity index (χ4n) is 1.52. The first-order valence-corrected chi connectivity index (χ1v) is 5.14. The van der Waals surface area contributed by atoms with Crippen molar-refractivity contribution in [3.05, 3.63) is 30.0 Å². The minimum absolute atomic E-state index is 0.311. The van der Waals surface area contributed by atoms with E-state index in [4.69, 9.17) is 9.47 Å². The number of aromatic nitrogens is 3. The van der Waals surface area contributed by atoms with Gasteiger partial charge in [-0.05, 0) is 12.1 Å². The van der Waals surface area contributed by atoms with Gasteiger partial charge >= 0.3 is 0 Å². The summed E-state index contributed by atoms with van der Waals surface area (Å²) < 4.78 is 10.3. The lowest BCUT2D eigenvalue weighted by Gasteiger charge is -2.11. The second kappa shape index (κ2) is 5.17. The molecule has 0 saturated heterocycles. The molecule has 0 aliphatic heterocycles. The van der Waals surface area contributed by atoms with Gasteiger partial charge in [-0.25, -0.2) is 0 Å². The topological polar surface area (TPSA) is 89.1 Å². The van der Waals surface area contributed by atoms with Crippen molar-refractivity contribution in [2.24, 2.45) is 0 Å². The Labute approximate surface area is 103 Å². The molecule has 1 aromatic heterocycles. The standard InChI is InChI=1S/C11H12N4O3/c1-17-7-4-3-5-8(18-2)10(7)11(16)13-9-6-12-15-14-9/h3-6H,1-2H3,(H2,12,13,14,15,16). The third-order valence-corrected chi connectivity index (χ3v) is 2.31. The van der Waals surface area contributed by atoms with Gasteiger partial charge in [0.15, 0.2) is 5.82 Å². The van der Waals surface area contributed by atoms with Crippen LogP contribution in [0.15, 0.2) is 24.4 Å². The Hall–Kier alpha value is -2.57. The zero-order valence-electron chi connectivity index (χ0n) is 9.93. The van der Waals surface area contributed by atoms with Crippen LogP contribution < -0.4 is 14.8 Å². The van der Waals surface area contributed by atoms with E-state index in [0.29, 0.717) is 22.9 Å². The van der Waals surface area contributed by atoms with Gasteiger partial charge < -0.3 is 14.8 Å². The summed E-state index contributed by atoms with van der Waals surface area (Å²) in [6.45, 7) is 0. The summed E-state index contributed by atoms with van der Waals surface area (Å²) in [5.41, 5.74) is 0.311. The summed E-state index contributed by atoms with van der Waals surface area (Å²) in [6, 6.07) is 5.10. The van der Waals surface area contributed by atoms with Crippen molar-refractivity contribution >= 4 is 11.7 Å². The number of rotatable bonds is 4. The van der Waals surface area contributed by atoms with Gasteiger partial charge in [0.25, 0.3) is 5.91 Å². The van der Waals surface area contributed by atoms with Gasteiger partial charge in [-0.15, -0.1) is 5.10 Å². The number of anilines is 1. The molecular formula is C11H12N4O3. The molecule has 0 fully saturated rings. The molecular weight excluding hydrogens is 236 g/mol. The number of ether oxygens (including phenoxy) is 2. The smallest absolute Gasteiger partial charge is 0.264 e. The molecule has 0 atom stereocenters. The van der Waals surface area contributed by atoms with Crippen LogP contribution in [0, 0.1) is 0 Å². The summed E-state index contributed by atoms with van der Waals surface area (Å²) in [6.07, 6.45) is 1.40. The largest absolute Gasteiger partial charge is 0.496 e. The number of carbonyl (C=O) groups excluding carboxylic acids is 1. The van der Waals surface area contributed by atoms with Crippen LogP contribution >= 0.6 is 0 Å². The number of amides is 1. The number of hydrogen-bond donors (Lipinski definition) is 2. The van der Waals surface area contributed by atoms with Crippen molar-refractivity contribution in [2.75, 3.05) is 19.5 Å². The average Bonchev–Trinajstić information content (AvgIpc) is 2.90. The quantitative estimate of drug-likeness (QED) is 0.844. The molecule has 2 aromatic rings. The zero-order valence-corrected chi connectivity index (χ0v) is 9.93. The molecule has 7 nitrogen and oxygen atoms in total. The molecule has 0 saturated carbocycles. The Morgan fingerprint density at radius 2 is 1.94 bits per heavy atom. The zero-order chi connectivity index (χ0) is 13.0. The van der Waals surface area contributed by atoms with E-state index < -0.39 is 0 Å². The first-order chi connectivity index (χ1) is 8.76. The first kappa shape index (κ1) is 11.9. The Balaban J connectivity index is 2.33. The Kier molecular flexibility index (Phi) is 3.42. The number of H-pyrrole nitrogens is 1. The SMILES string of the molecule is COc1cccc(OC)c1C(=O)Nc1cn[nH]n1. The number of methoxy groups -OCH3 is 2. The maximum Gasteiger partial charge on any atom is 0.264 e. The van der Waals surface area contributed by atoms with Crippen molar-refractivity contribution in [3.63, 3.8) is 0 Å². The van der Waals surface area contributed by atoms with Crippen LogP contribution in [-0.4, -0.2) is 35.5 Å². The maximum absolute atomic E-state index is 12.1. The van der Waals surface area contributed by atoms with E-state index in [9.17, 15) is 4.79 Å². The van der Waals surface area contributed by atoms with Crippen molar-refractivity contribution in [1.82, 2.24) is 15.4 Å². The summed E-state index contributed by atoms with van der Waals surface area (Å²) in [5.74, 6) is 0.803. The highest BCUT2D eigenvalue weighted by Crippen LogP contribution is 2.28. The van der Waals surface area contributed by atoms with Gasteiger partial charge in [-0.1, -0.05) is 6.07 Å². The van der Waals surface area contributed by atoms with E-state index >= 15 is 0 Å². The van der Waals surface area contributed by atoms with Crippen molar-refractivity contribution < 1.29 is 14.3 Å². The normalized spacial score (nSPS) is 9.89. The molecule has 2 rings (SSSR count). The predicted molar refractivity (Wildman–Crippen MR) is 63.9 cm³/mol. The van der Waals surface area contributed by atoms with Gasteiger partial charge in [-0.3, -0.25) is 4.79 Å². The Morgan fingerprint density at radius 1 is 1.28 bits per heavy atom.